The number of hydrogen-bond acceptors (Lipinski definition) is 10. The number of aryl methyl sites for hydroxylation is 1. The molecule has 0 spiro atoms. The van der Waals surface area contributed by atoms with Gasteiger partial charge in [-0.15, -0.1) is 0 Å². The highest BCUT2D eigenvalue weighted by Crippen LogP contribution is 2.36. The number of dihydropyridines is 1. The van der Waals surface area contributed by atoms with Gasteiger partial charge >= 0.3 is 11.9 Å². The Morgan fingerprint density at radius 3 is 2.54 bits per heavy atom. The van der Waals surface area contributed by atoms with E-state index in [2.05, 4.69) is 5.32 Å². The summed E-state index contributed by atoms with van der Waals surface area (Å²) in [5.74, 6) is 0.112. The van der Waals surface area contributed by atoms with Gasteiger partial charge in [-0.2, -0.15) is 0 Å². The van der Waals surface area contributed by atoms with Crippen LogP contribution in [-0.2, 0) is 25.5 Å². The Morgan fingerprint density at radius 1 is 1.10 bits per heavy atom. The van der Waals surface area contributed by atoms with Crippen LogP contribution in [-0.4, -0.2) is 65.8 Å². The molecule has 1 aromatic rings. The van der Waals surface area contributed by atoms with Crippen molar-refractivity contribution in [3.63, 3.8) is 0 Å². The molecule has 3 rings (SSSR count). The van der Waals surface area contributed by atoms with Crippen LogP contribution < -0.4 is 15.8 Å². The number of aromatic hydroxyl groups is 1. The van der Waals surface area contributed by atoms with E-state index in [4.69, 9.17) is 19.9 Å². The fraction of sp³-hybridized carbons (Fsp3) is 0.613. The Kier molecular flexibility index (Phi) is 12.8. The zero-order chi connectivity index (χ0) is 29.8. The first-order chi connectivity index (χ1) is 19.7. The smallest absolute Gasteiger partial charge is 0.302 e. The van der Waals surface area contributed by atoms with E-state index in [9.17, 15) is 24.9 Å². The van der Waals surface area contributed by atoms with E-state index in [0.29, 0.717) is 31.6 Å². The summed E-state index contributed by atoms with van der Waals surface area (Å²) < 4.78 is 17.1. The highest BCUT2D eigenvalue weighted by Gasteiger charge is 2.31. The SMILES string of the molecule is CC(=O)OC(CCc1cc(OCCO)c(O)cc1C1=CCNC(N)=C1)CC(OC(C)=O)C1CCCCCC(CO)C1. The number of nitrogens with two attached hydrogens (primary N) is 1. The van der Waals surface area contributed by atoms with Crippen molar-refractivity contribution < 1.29 is 39.1 Å². The predicted octanol–water partition coefficient (Wildman–Crippen LogP) is 3.32. The fourth-order valence-electron chi connectivity index (χ4n) is 5.87. The van der Waals surface area contributed by atoms with Crippen molar-refractivity contribution in [2.45, 2.75) is 83.8 Å². The molecule has 41 heavy (non-hydrogen) atoms. The van der Waals surface area contributed by atoms with Crippen molar-refractivity contribution in [2.75, 3.05) is 26.4 Å². The number of benzene rings is 1. The number of phenols is 1. The molecule has 4 atom stereocenters. The van der Waals surface area contributed by atoms with E-state index < -0.39 is 18.2 Å². The minimum atomic E-state index is -0.527. The van der Waals surface area contributed by atoms with Gasteiger partial charge in [0.2, 0.25) is 0 Å². The number of hydrogen-bond donors (Lipinski definition) is 5. The zero-order valence-electron chi connectivity index (χ0n) is 24.3. The molecule has 2 aliphatic rings. The van der Waals surface area contributed by atoms with Crippen LogP contribution in [0.4, 0.5) is 0 Å². The Morgan fingerprint density at radius 2 is 1.85 bits per heavy atom. The molecule has 0 bridgehead atoms. The molecule has 0 saturated heterocycles. The molecular formula is C31H46N2O8. The number of rotatable bonds is 13. The normalized spacial score (nSPS) is 20.8. The fourth-order valence-corrected chi connectivity index (χ4v) is 5.87. The molecular weight excluding hydrogens is 528 g/mol. The van der Waals surface area contributed by atoms with Crippen molar-refractivity contribution in [1.82, 2.24) is 5.32 Å². The van der Waals surface area contributed by atoms with Gasteiger partial charge in [0.15, 0.2) is 11.5 Å². The summed E-state index contributed by atoms with van der Waals surface area (Å²) in [5.41, 5.74) is 8.47. The summed E-state index contributed by atoms with van der Waals surface area (Å²) in [4.78, 5) is 24.3. The maximum atomic E-state index is 12.1. The third-order valence-corrected chi connectivity index (χ3v) is 7.77. The molecule has 4 unspecified atom stereocenters. The lowest BCUT2D eigenvalue weighted by Crippen LogP contribution is -2.34. The standard InChI is InChI=1S/C31H46N2O8/c1-20(36)40-26(17-29(41-21(2)37)25-7-5-3-4-6-22(14-25)19-35)9-8-23-15-30(39-13-12-34)28(38)18-27(23)24-10-11-33-31(32)16-24/h10,15-16,18,22,25-26,29,33-35,38H,3-9,11-14,17,19,32H2,1-2H3. The topological polar surface area (TPSA) is 161 Å². The minimum absolute atomic E-state index is 0.0299. The molecule has 1 aliphatic heterocycles. The van der Waals surface area contributed by atoms with E-state index in [-0.39, 0.29) is 49.1 Å². The molecule has 1 aliphatic carbocycles. The monoisotopic (exact) mass is 574 g/mol. The molecule has 6 N–H and O–H groups in total. The van der Waals surface area contributed by atoms with Crippen molar-refractivity contribution in [1.29, 1.82) is 0 Å². The first-order valence-electron chi connectivity index (χ1n) is 14.7. The number of aliphatic hydroxyl groups excluding tert-OH is 2. The molecule has 10 heteroatoms. The predicted molar refractivity (Wildman–Crippen MR) is 155 cm³/mol. The van der Waals surface area contributed by atoms with Gasteiger partial charge < -0.3 is 40.6 Å². The lowest BCUT2D eigenvalue weighted by atomic mass is 9.80. The second-order valence-electron chi connectivity index (χ2n) is 11.0. The van der Waals surface area contributed by atoms with Crippen LogP contribution in [0, 0.1) is 11.8 Å². The highest BCUT2D eigenvalue weighted by atomic mass is 16.6. The van der Waals surface area contributed by atoms with Gasteiger partial charge in [0.05, 0.1) is 12.4 Å². The van der Waals surface area contributed by atoms with Gasteiger partial charge in [0.1, 0.15) is 18.8 Å². The number of allylic oxidation sites excluding steroid dienone is 2. The molecule has 0 aromatic heterocycles. The first kappa shape index (κ1) is 32.3. The molecule has 0 radical (unpaired) electrons. The third-order valence-electron chi connectivity index (χ3n) is 7.77. The first-order valence-corrected chi connectivity index (χ1v) is 14.7. The maximum Gasteiger partial charge on any atom is 0.302 e. The number of esters is 2. The van der Waals surface area contributed by atoms with Crippen molar-refractivity contribution >= 4 is 17.5 Å². The molecule has 0 amide bonds. The Labute approximate surface area is 242 Å². The van der Waals surface area contributed by atoms with Gasteiger partial charge in [-0.3, -0.25) is 9.59 Å². The van der Waals surface area contributed by atoms with E-state index >= 15 is 0 Å². The number of phenolic OH excluding ortho intramolecular Hbond substituents is 1. The molecule has 1 aromatic carbocycles. The van der Waals surface area contributed by atoms with Gasteiger partial charge in [-0.1, -0.05) is 25.3 Å². The minimum Gasteiger partial charge on any atom is -0.504 e. The Bertz CT molecular complexity index is 1090. The Hall–Kier alpha value is -3.24. The summed E-state index contributed by atoms with van der Waals surface area (Å²) in [6.45, 7) is 3.23. The number of ether oxygens (including phenoxy) is 3. The average Bonchev–Trinajstić information content (AvgIpc) is 2.90. The maximum absolute atomic E-state index is 12.1. The summed E-state index contributed by atoms with van der Waals surface area (Å²) in [5, 5.41) is 32.8. The van der Waals surface area contributed by atoms with Crippen LogP contribution in [0.2, 0.25) is 0 Å². The van der Waals surface area contributed by atoms with Gasteiger partial charge in [0, 0.05) is 33.4 Å². The van der Waals surface area contributed by atoms with Crippen LogP contribution in [0.25, 0.3) is 5.57 Å². The van der Waals surface area contributed by atoms with Crippen LogP contribution in [0.15, 0.2) is 30.1 Å². The van der Waals surface area contributed by atoms with Crippen molar-refractivity contribution in [3.8, 4) is 11.5 Å². The highest BCUT2D eigenvalue weighted by molar-refractivity contribution is 5.79. The van der Waals surface area contributed by atoms with E-state index in [1.165, 1.54) is 13.8 Å². The molecule has 10 nitrogen and oxygen atoms in total. The van der Waals surface area contributed by atoms with Gasteiger partial charge in [0.25, 0.3) is 0 Å². The quantitative estimate of drug-likeness (QED) is 0.221. The van der Waals surface area contributed by atoms with Crippen LogP contribution in [0.1, 0.15) is 76.3 Å². The van der Waals surface area contributed by atoms with Gasteiger partial charge in [-0.25, -0.2) is 0 Å². The number of carbonyl (C=O) groups excluding carboxylic acids is 2. The van der Waals surface area contributed by atoms with E-state index in [1.807, 2.05) is 6.08 Å². The largest absolute Gasteiger partial charge is 0.504 e. The summed E-state index contributed by atoms with van der Waals surface area (Å²) in [6, 6.07) is 3.36. The molecule has 1 fully saturated rings. The average molecular weight is 575 g/mol. The van der Waals surface area contributed by atoms with Crippen LogP contribution in [0.5, 0.6) is 11.5 Å². The van der Waals surface area contributed by atoms with E-state index in [1.54, 1.807) is 18.2 Å². The molecule has 1 heterocycles. The van der Waals surface area contributed by atoms with E-state index in [0.717, 1.165) is 55.2 Å². The lowest BCUT2D eigenvalue weighted by molar-refractivity contribution is -0.156. The summed E-state index contributed by atoms with van der Waals surface area (Å²) >= 11 is 0. The summed E-state index contributed by atoms with van der Waals surface area (Å²) in [7, 11) is 0. The molecule has 228 valence electrons. The number of aliphatic hydroxyl groups is 2. The third kappa shape index (κ3) is 10.3. The van der Waals surface area contributed by atoms with Crippen molar-refractivity contribution in [3.05, 3.63) is 41.2 Å². The lowest BCUT2D eigenvalue weighted by Gasteiger charge is -2.33. The van der Waals surface area contributed by atoms with Crippen molar-refractivity contribution in [2.24, 2.45) is 17.6 Å². The number of carbonyl (C=O) groups is 2. The Balaban J connectivity index is 1.87. The van der Waals surface area contributed by atoms with Crippen LogP contribution >= 0.6 is 0 Å². The second kappa shape index (κ2) is 16.3. The zero-order valence-corrected chi connectivity index (χ0v) is 24.3. The number of nitrogens with one attached hydrogen (secondary N) is 1. The summed E-state index contributed by atoms with van der Waals surface area (Å²) in [6.07, 6.45) is 9.81. The van der Waals surface area contributed by atoms with Crippen LogP contribution in [0.3, 0.4) is 0 Å². The second-order valence-corrected chi connectivity index (χ2v) is 11.0. The molecule has 1 saturated carbocycles. The van der Waals surface area contributed by atoms with Gasteiger partial charge in [-0.05, 0) is 78.8 Å².